The van der Waals surface area contributed by atoms with Crippen molar-refractivity contribution in [2.24, 2.45) is 11.8 Å². The van der Waals surface area contributed by atoms with Crippen LogP contribution in [0.1, 0.15) is 40.0 Å². The highest BCUT2D eigenvalue weighted by atomic mass is 16.5. The van der Waals surface area contributed by atoms with Gasteiger partial charge in [0.15, 0.2) is 0 Å². The maximum absolute atomic E-state index is 12.4. The molecule has 1 heterocycles. The monoisotopic (exact) mass is 282 g/mol. The van der Waals surface area contributed by atoms with E-state index in [1.807, 2.05) is 13.8 Å². The summed E-state index contributed by atoms with van der Waals surface area (Å²) >= 11 is 0. The molecule has 20 heavy (non-hydrogen) atoms. The Morgan fingerprint density at radius 2 is 2.05 bits per heavy atom. The van der Waals surface area contributed by atoms with Crippen LogP contribution in [-0.2, 0) is 14.3 Å². The zero-order chi connectivity index (χ0) is 14.7. The first kappa shape index (κ1) is 15.3. The fraction of sp³-hybridized carbons (Fsp3) is 0.867. The minimum absolute atomic E-state index is 0.0364. The molecule has 1 saturated heterocycles. The quantitative estimate of drug-likeness (QED) is 0.713. The van der Waals surface area contributed by atoms with Gasteiger partial charge in [-0.3, -0.25) is 9.59 Å². The molecule has 2 atom stereocenters. The number of hydrogen-bond acceptors (Lipinski definition) is 3. The number of hydrogen-bond donors (Lipinski definition) is 1. The predicted molar refractivity (Wildman–Crippen MR) is 76.1 cm³/mol. The molecule has 0 aromatic carbocycles. The smallest absolute Gasteiger partial charge is 0.246 e. The molecule has 2 fully saturated rings. The van der Waals surface area contributed by atoms with Crippen molar-refractivity contribution < 1.29 is 14.3 Å². The lowest BCUT2D eigenvalue weighted by Gasteiger charge is -2.38. The van der Waals surface area contributed by atoms with E-state index in [0.717, 1.165) is 18.9 Å². The maximum Gasteiger partial charge on any atom is 0.246 e. The van der Waals surface area contributed by atoms with E-state index in [0.29, 0.717) is 13.2 Å². The molecule has 1 N–H and O–H groups in total. The third kappa shape index (κ3) is 3.72. The SMILES string of the molecule is CC(C)C1NC(=O)C(C)N(CCCOCC2CC2)C1=O. The Bertz CT molecular complexity index is 366. The topological polar surface area (TPSA) is 58.6 Å². The molecule has 1 saturated carbocycles. The molecule has 5 nitrogen and oxygen atoms in total. The van der Waals surface area contributed by atoms with Gasteiger partial charge >= 0.3 is 0 Å². The molecule has 0 aromatic heterocycles. The van der Waals surface area contributed by atoms with Crippen LogP contribution in [0.5, 0.6) is 0 Å². The zero-order valence-corrected chi connectivity index (χ0v) is 12.7. The lowest BCUT2D eigenvalue weighted by atomic mass is 9.98. The molecule has 1 aliphatic heterocycles. The van der Waals surface area contributed by atoms with Crippen LogP contribution < -0.4 is 5.32 Å². The number of carbonyl (C=O) groups is 2. The van der Waals surface area contributed by atoms with Crippen LogP contribution in [0.3, 0.4) is 0 Å². The second kappa shape index (κ2) is 6.57. The Kier molecular flexibility index (Phi) is 5.02. The van der Waals surface area contributed by atoms with E-state index in [1.54, 1.807) is 11.8 Å². The van der Waals surface area contributed by atoms with Gasteiger partial charge in [-0.25, -0.2) is 0 Å². The van der Waals surface area contributed by atoms with Gasteiger partial charge < -0.3 is 15.0 Å². The van der Waals surface area contributed by atoms with Gasteiger partial charge in [0, 0.05) is 19.8 Å². The zero-order valence-electron chi connectivity index (χ0n) is 12.7. The summed E-state index contributed by atoms with van der Waals surface area (Å²) in [6.45, 7) is 7.81. The summed E-state index contributed by atoms with van der Waals surface area (Å²) in [5.74, 6) is 0.866. The standard InChI is InChI=1S/C15H26N2O3/c1-10(2)13-15(19)17(11(3)14(18)16-13)7-4-8-20-9-12-5-6-12/h10-13H,4-9H2,1-3H3,(H,16,18). The van der Waals surface area contributed by atoms with Crippen LogP contribution in [0.4, 0.5) is 0 Å². The molecule has 114 valence electrons. The third-order valence-corrected chi connectivity index (χ3v) is 4.10. The van der Waals surface area contributed by atoms with Crippen LogP contribution in [0.25, 0.3) is 0 Å². The summed E-state index contributed by atoms with van der Waals surface area (Å²) in [6, 6.07) is -0.757. The highest BCUT2D eigenvalue weighted by Crippen LogP contribution is 2.28. The fourth-order valence-corrected chi connectivity index (χ4v) is 2.47. The lowest BCUT2D eigenvalue weighted by Crippen LogP contribution is -2.64. The summed E-state index contributed by atoms with van der Waals surface area (Å²) in [7, 11) is 0. The Morgan fingerprint density at radius 1 is 1.35 bits per heavy atom. The first-order valence-electron chi connectivity index (χ1n) is 7.69. The molecular weight excluding hydrogens is 256 g/mol. The van der Waals surface area contributed by atoms with Gasteiger partial charge in [-0.2, -0.15) is 0 Å². The van der Waals surface area contributed by atoms with Crippen molar-refractivity contribution in [3.8, 4) is 0 Å². The average Bonchev–Trinajstić information content (AvgIpc) is 3.20. The molecule has 2 amide bonds. The summed E-state index contributed by atoms with van der Waals surface area (Å²) in [5, 5.41) is 2.81. The number of piperazine rings is 1. The van der Waals surface area contributed by atoms with E-state index in [9.17, 15) is 9.59 Å². The predicted octanol–water partition coefficient (Wildman–Crippen LogP) is 1.17. The molecule has 2 unspecified atom stereocenters. The molecule has 0 bridgehead atoms. The van der Waals surface area contributed by atoms with Crippen LogP contribution >= 0.6 is 0 Å². The minimum Gasteiger partial charge on any atom is -0.381 e. The van der Waals surface area contributed by atoms with Gasteiger partial charge in [0.05, 0.1) is 0 Å². The summed E-state index contributed by atoms with van der Waals surface area (Å²) in [6.07, 6.45) is 3.37. The van der Waals surface area contributed by atoms with Crippen LogP contribution in [0.15, 0.2) is 0 Å². The highest BCUT2D eigenvalue weighted by Gasteiger charge is 2.38. The Hall–Kier alpha value is -1.10. The molecule has 0 spiro atoms. The van der Waals surface area contributed by atoms with Gasteiger partial charge in [-0.1, -0.05) is 13.8 Å². The fourth-order valence-electron chi connectivity index (χ4n) is 2.47. The second-order valence-corrected chi connectivity index (χ2v) is 6.31. The normalized spacial score (nSPS) is 27.1. The van der Waals surface area contributed by atoms with Crippen molar-refractivity contribution in [3.05, 3.63) is 0 Å². The number of rotatable bonds is 7. The molecule has 5 heteroatoms. The van der Waals surface area contributed by atoms with Crippen molar-refractivity contribution in [1.29, 1.82) is 0 Å². The second-order valence-electron chi connectivity index (χ2n) is 6.31. The van der Waals surface area contributed by atoms with Crippen LogP contribution in [-0.4, -0.2) is 48.6 Å². The van der Waals surface area contributed by atoms with Gasteiger partial charge in [-0.15, -0.1) is 0 Å². The maximum atomic E-state index is 12.4. The molecular formula is C15H26N2O3. The van der Waals surface area contributed by atoms with Crippen molar-refractivity contribution in [3.63, 3.8) is 0 Å². The number of ether oxygens (including phenoxy) is 1. The van der Waals surface area contributed by atoms with Crippen molar-refractivity contribution in [2.45, 2.75) is 52.1 Å². The van der Waals surface area contributed by atoms with Gasteiger partial charge in [0.1, 0.15) is 12.1 Å². The van der Waals surface area contributed by atoms with Crippen LogP contribution in [0, 0.1) is 11.8 Å². The lowest BCUT2D eigenvalue weighted by molar-refractivity contribution is -0.150. The summed E-state index contributed by atoms with van der Waals surface area (Å²) in [4.78, 5) is 26.0. The van der Waals surface area contributed by atoms with Crippen LogP contribution in [0.2, 0.25) is 0 Å². The number of amides is 2. The Balaban J connectivity index is 1.79. The summed E-state index contributed by atoms with van der Waals surface area (Å²) in [5.41, 5.74) is 0. The largest absolute Gasteiger partial charge is 0.381 e. The van der Waals surface area contributed by atoms with Gasteiger partial charge in [0.25, 0.3) is 0 Å². The minimum atomic E-state index is -0.383. The van der Waals surface area contributed by atoms with E-state index >= 15 is 0 Å². The average molecular weight is 282 g/mol. The van der Waals surface area contributed by atoms with E-state index in [-0.39, 0.29) is 29.8 Å². The van der Waals surface area contributed by atoms with Gasteiger partial charge in [0.2, 0.25) is 11.8 Å². The first-order valence-corrected chi connectivity index (χ1v) is 7.69. The van der Waals surface area contributed by atoms with Crippen molar-refractivity contribution in [2.75, 3.05) is 19.8 Å². The molecule has 0 aromatic rings. The Labute approximate surface area is 121 Å². The third-order valence-electron chi connectivity index (χ3n) is 4.10. The first-order chi connectivity index (χ1) is 9.50. The van der Waals surface area contributed by atoms with Gasteiger partial charge in [-0.05, 0) is 38.0 Å². The molecule has 0 radical (unpaired) electrons. The molecule has 1 aliphatic carbocycles. The van der Waals surface area contributed by atoms with Crippen molar-refractivity contribution >= 4 is 11.8 Å². The van der Waals surface area contributed by atoms with Crippen molar-refractivity contribution in [1.82, 2.24) is 10.2 Å². The number of nitrogens with one attached hydrogen (secondary N) is 1. The number of carbonyl (C=O) groups excluding carboxylic acids is 2. The number of nitrogens with zero attached hydrogens (tertiary/aromatic N) is 1. The van der Waals surface area contributed by atoms with E-state index < -0.39 is 0 Å². The highest BCUT2D eigenvalue weighted by molar-refractivity contribution is 5.96. The summed E-state index contributed by atoms with van der Waals surface area (Å²) < 4.78 is 5.58. The van der Waals surface area contributed by atoms with E-state index in [2.05, 4.69) is 5.32 Å². The molecule has 2 aliphatic rings. The Morgan fingerprint density at radius 3 is 2.65 bits per heavy atom. The molecule has 2 rings (SSSR count). The van der Waals surface area contributed by atoms with E-state index in [4.69, 9.17) is 4.74 Å². The van der Waals surface area contributed by atoms with E-state index in [1.165, 1.54) is 12.8 Å².